The van der Waals surface area contributed by atoms with E-state index in [-0.39, 0.29) is 0 Å². The molecule has 0 aliphatic heterocycles. The molecule has 0 aliphatic rings. The molecular weight excluding hydrogens is 262 g/mol. The van der Waals surface area contributed by atoms with Crippen molar-refractivity contribution in [1.82, 2.24) is 0 Å². The highest BCUT2D eigenvalue weighted by atomic mass is 16.4. The van der Waals surface area contributed by atoms with Crippen LogP contribution in [0.2, 0.25) is 0 Å². The smallest absolute Gasteiger partial charge is 0.328 e. The van der Waals surface area contributed by atoms with Crippen LogP contribution in [0.3, 0.4) is 0 Å². The van der Waals surface area contributed by atoms with Crippen LogP contribution in [0.15, 0.2) is 39.9 Å². The molecule has 0 unspecified atom stereocenters. The van der Waals surface area contributed by atoms with Gasteiger partial charge in [-0.1, -0.05) is 28.9 Å². The third kappa shape index (κ3) is 11.9. The summed E-state index contributed by atoms with van der Waals surface area (Å²) in [6, 6.07) is -0.675. The summed E-state index contributed by atoms with van der Waals surface area (Å²) < 4.78 is 0. The maximum absolute atomic E-state index is 10.6. The molecule has 0 amide bonds. The van der Waals surface area contributed by atoms with Crippen molar-refractivity contribution < 1.29 is 9.90 Å². The molecular formula is C18H29NO2. The third-order valence-corrected chi connectivity index (χ3v) is 3.15. The minimum atomic E-state index is -0.896. The Labute approximate surface area is 129 Å². The summed E-state index contributed by atoms with van der Waals surface area (Å²) in [4.78, 5) is 14.5. The Morgan fingerprint density at radius 1 is 1.05 bits per heavy atom. The molecule has 1 N–H and O–H groups in total. The van der Waals surface area contributed by atoms with E-state index in [4.69, 9.17) is 5.11 Å². The van der Waals surface area contributed by atoms with E-state index >= 15 is 0 Å². The number of aliphatic imine (C=N–C) groups is 1. The maximum atomic E-state index is 10.6. The van der Waals surface area contributed by atoms with Crippen molar-refractivity contribution >= 4 is 12.2 Å². The highest BCUT2D eigenvalue weighted by Crippen LogP contribution is 2.11. The molecule has 1 atom stereocenters. The zero-order chi connectivity index (χ0) is 16.3. The van der Waals surface area contributed by atoms with Crippen LogP contribution in [0.5, 0.6) is 0 Å². The molecule has 21 heavy (non-hydrogen) atoms. The van der Waals surface area contributed by atoms with Crippen molar-refractivity contribution in [2.45, 2.75) is 66.3 Å². The van der Waals surface area contributed by atoms with Gasteiger partial charge in [-0.2, -0.15) is 0 Å². The van der Waals surface area contributed by atoms with E-state index in [2.05, 4.69) is 37.9 Å². The Morgan fingerprint density at radius 2 is 1.62 bits per heavy atom. The van der Waals surface area contributed by atoms with Gasteiger partial charge in [-0.25, -0.2) is 4.79 Å². The molecule has 0 saturated carbocycles. The van der Waals surface area contributed by atoms with Crippen molar-refractivity contribution in [2.24, 2.45) is 4.99 Å². The molecule has 0 rings (SSSR count). The number of allylic oxidation sites excluding steroid dienone is 6. The van der Waals surface area contributed by atoms with E-state index in [1.807, 2.05) is 13.0 Å². The number of nitrogens with zero attached hydrogens (tertiary/aromatic N) is 1. The first-order valence-corrected chi connectivity index (χ1v) is 7.53. The van der Waals surface area contributed by atoms with E-state index < -0.39 is 12.0 Å². The fraction of sp³-hybridized carbons (Fsp3) is 0.556. The highest BCUT2D eigenvalue weighted by molar-refractivity contribution is 5.79. The van der Waals surface area contributed by atoms with Gasteiger partial charge in [0.05, 0.1) is 0 Å². The number of aliphatic carboxylic acids is 1. The summed E-state index contributed by atoms with van der Waals surface area (Å²) in [6.07, 6.45) is 12.3. The van der Waals surface area contributed by atoms with Gasteiger partial charge in [-0.3, -0.25) is 4.99 Å². The molecule has 3 heteroatoms. The van der Waals surface area contributed by atoms with Gasteiger partial charge in [0.1, 0.15) is 6.04 Å². The topological polar surface area (TPSA) is 49.7 Å². The Balaban J connectivity index is 4.09. The lowest BCUT2D eigenvalue weighted by Crippen LogP contribution is -2.12. The summed E-state index contributed by atoms with van der Waals surface area (Å²) in [5.41, 5.74) is 4.01. The minimum Gasteiger partial charge on any atom is -0.480 e. The molecule has 0 heterocycles. The first kappa shape index (κ1) is 19.4. The fourth-order valence-corrected chi connectivity index (χ4v) is 1.68. The third-order valence-electron chi connectivity index (χ3n) is 3.15. The monoisotopic (exact) mass is 291 g/mol. The van der Waals surface area contributed by atoms with Gasteiger partial charge < -0.3 is 5.11 Å². The summed E-state index contributed by atoms with van der Waals surface area (Å²) in [5.74, 6) is -0.896. The number of rotatable bonds is 9. The van der Waals surface area contributed by atoms with Crippen molar-refractivity contribution in [1.29, 1.82) is 0 Å². The molecule has 0 bridgehead atoms. The number of carbonyl (C=O) groups is 1. The molecule has 0 aromatic heterocycles. The van der Waals surface area contributed by atoms with Gasteiger partial charge in [0, 0.05) is 6.21 Å². The Morgan fingerprint density at radius 3 is 2.19 bits per heavy atom. The molecule has 0 radical (unpaired) electrons. The highest BCUT2D eigenvalue weighted by Gasteiger charge is 2.05. The van der Waals surface area contributed by atoms with Gasteiger partial charge in [0.25, 0.3) is 0 Å². The maximum Gasteiger partial charge on any atom is 0.328 e. The quantitative estimate of drug-likeness (QED) is 0.482. The predicted octanol–water partition coefficient (Wildman–Crippen LogP) is 4.95. The lowest BCUT2D eigenvalue weighted by Gasteiger charge is -2.01. The summed E-state index contributed by atoms with van der Waals surface area (Å²) in [5, 5.41) is 8.71. The average Bonchev–Trinajstić information content (AvgIpc) is 2.37. The van der Waals surface area contributed by atoms with E-state index in [1.54, 1.807) is 13.1 Å². The summed E-state index contributed by atoms with van der Waals surface area (Å²) in [7, 11) is 0. The first-order valence-electron chi connectivity index (χ1n) is 7.53. The molecule has 0 fully saturated rings. The van der Waals surface area contributed by atoms with Gasteiger partial charge in [0.15, 0.2) is 0 Å². The number of hydrogen-bond acceptors (Lipinski definition) is 2. The molecule has 0 spiro atoms. The van der Waals surface area contributed by atoms with Crippen molar-refractivity contribution in [2.75, 3.05) is 0 Å². The van der Waals surface area contributed by atoms with Crippen LogP contribution >= 0.6 is 0 Å². The Hall–Kier alpha value is -1.64. The van der Waals surface area contributed by atoms with E-state index in [9.17, 15) is 4.79 Å². The van der Waals surface area contributed by atoms with Gasteiger partial charge in [-0.05, 0) is 66.4 Å². The Bertz CT molecular complexity index is 438. The summed E-state index contributed by atoms with van der Waals surface area (Å²) >= 11 is 0. The number of carboxylic acid groups (broad SMARTS) is 1. The van der Waals surface area contributed by atoms with E-state index in [0.29, 0.717) is 0 Å². The standard InChI is InChI=1S/C18H29NO2/c1-14(2)8-6-9-15(3)10-7-11-16(4)12-13-19-17(5)18(20)21/h8,10,12-13,17H,6-7,9,11H2,1-5H3,(H,20,21)/b15-10+,16-12+,19-13?/t17-/m0/s1. The molecule has 3 nitrogen and oxygen atoms in total. The van der Waals surface area contributed by atoms with Crippen LogP contribution in [0.25, 0.3) is 0 Å². The zero-order valence-corrected chi connectivity index (χ0v) is 14.0. The minimum absolute atomic E-state index is 0.675. The van der Waals surface area contributed by atoms with Crippen LogP contribution in [-0.2, 0) is 4.79 Å². The van der Waals surface area contributed by atoms with Gasteiger partial charge >= 0.3 is 5.97 Å². The van der Waals surface area contributed by atoms with Crippen LogP contribution in [-0.4, -0.2) is 23.3 Å². The van der Waals surface area contributed by atoms with Crippen LogP contribution in [0.1, 0.15) is 60.3 Å². The van der Waals surface area contributed by atoms with Crippen molar-refractivity contribution in [3.05, 3.63) is 34.9 Å². The SMILES string of the molecule is CC(C)=CCC/C(C)=C/CC/C(C)=C/C=N[C@@H](C)C(=O)O. The fourth-order valence-electron chi connectivity index (χ4n) is 1.68. The second-order valence-corrected chi connectivity index (χ2v) is 5.73. The van der Waals surface area contributed by atoms with Gasteiger partial charge in [-0.15, -0.1) is 0 Å². The molecule has 0 aromatic carbocycles. The molecule has 0 aromatic rings. The Kier molecular flexibility index (Phi) is 10.2. The first-order chi connectivity index (χ1) is 9.82. The predicted molar refractivity (Wildman–Crippen MR) is 91.0 cm³/mol. The van der Waals surface area contributed by atoms with Crippen molar-refractivity contribution in [3.8, 4) is 0 Å². The zero-order valence-electron chi connectivity index (χ0n) is 14.0. The normalized spacial score (nSPS) is 14.3. The molecule has 0 aliphatic carbocycles. The lowest BCUT2D eigenvalue weighted by atomic mass is 10.1. The van der Waals surface area contributed by atoms with E-state index in [1.165, 1.54) is 16.7 Å². The number of hydrogen-bond donors (Lipinski definition) is 1. The summed E-state index contributed by atoms with van der Waals surface area (Å²) in [6.45, 7) is 10.0. The second-order valence-electron chi connectivity index (χ2n) is 5.73. The van der Waals surface area contributed by atoms with Crippen LogP contribution in [0, 0.1) is 0 Å². The van der Waals surface area contributed by atoms with E-state index in [0.717, 1.165) is 25.7 Å². The molecule has 118 valence electrons. The largest absolute Gasteiger partial charge is 0.480 e. The lowest BCUT2D eigenvalue weighted by molar-refractivity contribution is -0.137. The van der Waals surface area contributed by atoms with Crippen LogP contribution < -0.4 is 0 Å². The van der Waals surface area contributed by atoms with Crippen LogP contribution in [0.4, 0.5) is 0 Å². The second kappa shape index (κ2) is 11.1. The van der Waals surface area contributed by atoms with Crippen molar-refractivity contribution in [3.63, 3.8) is 0 Å². The average molecular weight is 291 g/mol. The number of carboxylic acids is 1. The molecule has 0 saturated heterocycles. The van der Waals surface area contributed by atoms with Gasteiger partial charge in [0.2, 0.25) is 0 Å².